The van der Waals surface area contributed by atoms with Crippen LogP contribution < -0.4 is 5.32 Å². The van der Waals surface area contributed by atoms with Crippen LogP contribution in [0.3, 0.4) is 0 Å². The number of nitrogens with one attached hydrogen (secondary N) is 1. The minimum atomic E-state index is -0.159. The first-order valence-electron chi connectivity index (χ1n) is 8.53. The molecule has 0 atom stereocenters. The molecule has 134 valence electrons. The van der Waals surface area contributed by atoms with Gasteiger partial charge < -0.3 is 5.32 Å². The zero-order valence-corrected chi connectivity index (χ0v) is 16.0. The third kappa shape index (κ3) is 4.75. The molecule has 0 aliphatic heterocycles. The van der Waals surface area contributed by atoms with Crippen molar-refractivity contribution in [2.45, 2.75) is 24.6 Å². The van der Waals surface area contributed by atoms with Crippen LogP contribution in [0.15, 0.2) is 65.7 Å². The van der Waals surface area contributed by atoms with Gasteiger partial charge in [-0.2, -0.15) is 5.26 Å². The van der Waals surface area contributed by atoms with Gasteiger partial charge in [0.05, 0.1) is 17.2 Å². The number of para-hydroxylation sites is 1. The van der Waals surface area contributed by atoms with Crippen LogP contribution in [0.1, 0.15) is 32.7 Å². The van der Waals surface area contributed by atoms with Gasteiger partial charge in [0.15, 0.2) is 0 Å². The molecule has 0 unspecified atom stereocenters. The van der Waals surface area contributed by atoms with Crippen molar-refractivity contribution in [3.05, 3.63) is 88.6 Å². The van der Waals surface area contributed by atoms with Crippen LogP contribution in [0.2, 0.25) is 0 Å². The first-order valence-corrected chi connectivity index (χ1v) is 9.52. The molecule has 0 spiro atoms. The lowest BCUT2D eigenvalue weighted by Crippen LogP contribution is -2.16. The molecule has 0 saturated carbocycles. The Balaban J connectivity index is 1.83. The predicted octanol–water partition coefficient (Wildman–Crippen LogP) is 5.11. The number of carbonyl (C=O) groups excluding carboxylic acids is 1. The Hall–Kier alpha value is -3.10. The first-order chi connectivity index (χ1) is 13.1. The molecule has 27 heavy (non-hydrogen) atoms. The van der Waals surface area contributed by atoms with Gasteiger partial charge in [0.2, 0.25) is 0 Å². The summed E-state index contributed by atoms with van der Waals surface area (Å²) < 4.78 is 0. The molecule has 0 fully saturated rings. The largest absolute Gasteiger partial charge is 0.322 e. The van der Waals surface area contributed by atoms with E-state index in [1.54, 1.807) is 12.1 Å². The van der Waals surface area contributed by atoms with Crippen molar-refractivity contribution in [2.24, 2.45) is 0 Å². The summed E-state index contributed by atoms with van der Waals surface area (Å²) in [7, 11) is 0. The monoisotopic (exact) mass is 373 g/mol. The molecule has 1 N–H and O–H groups in total. The van der Waals surface area contributed by atoms with Gasteiger partial charge in [-0.3, -0.25) is 4.79 Å². The van der Waals surface area contributed by atoms with Crippen molar-refractivity contribution in [3.63, 3.8) is 0 Å². The average Bonchev–Trinajstić information content (AvgIpc) is 2.67. The topological polar surface area (TPSA) is 65.8 Å². The molecule has 3 rings (SSSR count). The van der Waals surface area contributed by atoms with Crippen molar-refractivity contribution in [1.82, 2.24) is 4.98 Å². The number of amides is 1. The van der Waals surface area contributed by atoms with E-state index in [-0.39, 0.29) is 5.91 Å². The van der Waals surface area contributed by atoms with Gasteiger partial charge in [0.25, 0.3) is 5.91 Å². The number of pyridine rings is 1. The van der Waals surface area contributed by atoms with Gasteiger partial charge in [-0.15, -0.1) is 11.8 Å². The Bertz CT molecular complexity index is 993. The lowest BCUT2D eigenvalue weighted by atomic mass is 10.1. The van der Waals surface area contributed by atoms with Gasteiger partial charge in [0, 0.05) is 17.1 Å². The Morgan fingerprint density at radius 1 is 1.11 bits per heavy atom. The van der Waals surface area contributed by atoms with E-state index in [9.17, 15) is 4.79 Å². The summed E-state index contributed by atoms with van der Waals surface area (Å²) >= 11 is 1.53. The normalized spacial score (nSPS) is 10.3. The fourth-order valence-electron chi connectivity index (χ4n) is 2.73. The SMILES string of the molecule is Cc1cc(C)c(C(=O)Nc2ccccc2)c(SCc2ccc(C#N)cc2)n1. The molecular formula is C22H19N3OS. The lowest BCUT2D eigenvalue weighted by molar-refractivity contribution is 0.102. The first kappa shape index (κ1) is 18.7. The van der Waals surface area contributed by atoms with Crippen LogP contribution in [0.5, 0.6) is 0 Å². The van der Waals surface area contributed by atoms with Crippen LogP contribution in [0, 0.1) is 25.2 Å². The highest BCUT2D eigenvalue weighted by molar-refractivity contribution is 7.98. The minimum absolute atomic E-state index is 0.159. The number of hydrogen-bond donors (Lipinski definition) is 1. The summed E-state index contributed by atoms with van der Waals surface area (Å²) in [5.74, 6) is 0.515. The van der Waals surface area contributed by atoms with Gasteiger partial charge in [-0.1, -0.05) is 30.3 Å². The molecule has 0 aliphatic rings. The van der Waals surface area contributed by atoms with Crippen molar-refractivity contribution in [2.75, 3.05) is 5.32 Å². The zero-order chi connectivity index (χ0) is 19.2. The highest BCUT2D eigenvalue weighted by Crippen LogP contribution is 2.28. The number of thioether (sulfide) groups is 1. The number of anilines is 1. The third-order valence-electron chi connectivity index (χ3n) is 4.03. The number of carbonyl (C=O) groups is 1. The molecule has 2 aromatic carbocycles. The maximum Gasteiger partial charge on any atom is 0.258 e. The maximum atomic E-state index is 12.9. The van der Waals surface area contributed by atoms with E-state index in [2.05, 4.69) is 16.4 Å². The van der Waals surface area contributed by atoms with Gasteiger partial charge >= 0.3 is 0 Å². The van der Waals surface area contributed by atoms with E-state index < -0.39 is 0 Å². The number of aryl methyl sites for hydroxylation is 2. The van der Waals surface area contributed by atoms with Crippen molar-refractivity contribution < 1.29 is 4.79 Å². The molecule has 0 radical (unpaired) electrons. The molecular weight excluding hydrogens is 354 g/mol. The van der Waals surface area contributed by atoms with Crippen LogP contribution in [0.25, 0.3) is 0 Å². The smallest absolute Gasteiger partial charge is 0.258 e. The number of benzene rings is 2. The molecule has 1 amide bonds. The van der Waals surface area contributed by atoms with Gasteiger partial charge in [-0.05, 0) is 55.3 Å². The number of aromatic nitrogens is 1. The average molecular weight is 373 g/mol. The van der Waals surface area contributed by atoms with E-state index in [0.717, 1.165) is 22.5 Å². The molecule has 4 nitrogen and oxygen atoms in total. The van der Waals surface area contributed by atoms with E-state index in [1.807, 2.05) is 62.4 Å². The minimum Gasteiger partial charge on any atom is -0.322 e. The molecule has 3 aromatic rings. The summed E-state index contributed by atoms with van der Waals surface area (Å²) in [6, 6.07) is 20.9. The quantitative estimate of drug-likeness (QED) is 0.631. The highest BCUT2D eigenvalue weighted by Gasteiger charge is 2.17. The lowest BCUT2D eigenvalue weighted by Gasteiger charge is -2.13. The maximum absolute atomic E-state index is 12.9. The molecule has 0 bridgehead atoms. The Labute approximate surface area is 163 Å². The van der Waals surface area contributed by atoms with E-state index in [4.69, 9.17) is 5.26 Å². The van der Waals surface area contributed by atoms with Crippen molar-refractivity contribution in [1.29, 1.82) is 5.26 Å². The van der Waals surface area contributed by atoms with Crippen LogP contribution in [-0.2, 0) is 5.75 Å². The number of rotatable bonds is 5. The zero-order valence-electron chi connectivity index (χ0n) is 15.2. The number of nitriles is 1. The standard InChI is InChI=1S/C22H19N3OS/c1-15-12-16(2)24-22(27-14-18-10-8-17(13-23)9-11-18)20(15)21(26)25-19-6-4-3-5-7-19/h3-12H,14H2,1-2H3,(H,25,26). The number of nitrogens with zero attached hydrogens (tertiary/aromatic N) is 2. The summed E-state index contributed by atoms with van der Waals surface area (Å²) in [6.45, 7) is 3.86. The second kappa shape index (κ2) is 8.52. The fourth-order valence-corrected chi connectivity index (χ4v) is 3.83. The third-order valence-corrected chi connectivity index (χ3v) is 5.08. The molecule has 0 aliphatic carbocycles. The summed E-state index contributed by atoms with van der Waals surface area (Å²) in [6.07, 6.45) is 0. The summed E-state index contributed by atoms with van der Waals surface area (Å²) in [5, 5.41) is 12.6. The van der Waals surface area contributed by atoms with Gasteiger partial charge in [0.1, 0.15) is 5.03 Å². The van der Waals surface area contributed by atoms with E-state index in [1.165, 1.54) is 11.8 Å². The van der Waals surface area contributed by atoms with Crippen molar-refractivity contribution in [3.8, 4) is 6.07 Å². The molecule has 5 heteroatoms. The number of hydrogen-bond acceptors (Lipinski definition) is 4. The molecule has 0 saturated heterocycles. The Kier molecular flexibility index (Phi) is 5.90. The second-order valence-corrected chi connectivity index (χ2v) is 7.14. The summed E-state index contributed by atoms with van der Waals surface area (Å²) in [4.78, 5) is 17.5. The van der Waals surface area contributed by atoms with Crippen LogP contribution in [-0.4, -0.2) is 10.9 Å². The van der Waals surface area contributed by atoms with E-state index >= 15 is 0 Å². The molecule has 1 heterocycles. The van der Waals surface area contributed by atoms with Crippen LogP contribution in [0.4, 0.5) is 5.69 Å². The second-order valence-electron chi connectivity index (χ2n) is 6.18. The van der Waals surface area contributed by atoms with Crippen LogP contribution >= 0.6 is 11.8 Å². The molecule has 1 aromatic heterocycles. The van der Waals surface area contributed by atoms with Gasteiger partial charge in [-0.25, -0.2) is 4.98 Å². The van der Waals surface area contributed by atoms with E-state index in [0.29, 0.717) is 21.9 Å². The Morgan fingerprint density at radius 3 is 2.48 bits per heavy atom. The Morgan fingerprint density at radius 2 is 1.81 bits per heavy atom. The fraction of sp³-hybridized carbons (Fsp3) is 0.136. The predicted molar refractivity (Wildman–Crippen MR) is 109 cm³/mol. The summed E-state index contributed by atoms with van der Waals surface area (Å²) in [5.41, 5.74) is 4.85. The highest BCUT2D eigenvalue weighted by atomic mass is 32.2. The van der Waals surface area contributed by atoms with Crippen molar-refractivity contribution >= 4 is 23.4 Å².